The molecule has 0 saturated heterocycles. The molecule has 0 atom stereocenters. The molecule has 0 fully saturated rings. The summed E-state index contributed by atoms with van der Waals surface area (Å²) < 4.78 is 2.22. The van der Waals surface area contributed by atoms with Gasteiger partial charge in [-0.1, -0.05) is 29.8 Å². The van der Waals surface area contributed by atoms with E-state index in [0.717, 1.165) is 35.6 Å². The highest BCUT2D eigenvalue weighted by Gasteiger charge is 2.14. The smallest absolute Gasteiger partial charge is 0.257 e. The zero-order valence-corrected chi connectivity index (χ0v) is 19.2. The van der Waals surface area contributed by atoms with Crippen molar-refractivity contribution in [2.24, 2.45) is 0 Å². The van der Waals surface area contributed by atoms with Crippen LogP contribution >= 0.6 is 46.1 Å². The van der Waals surface area contributed by atoms with Crippen molar-refractivity contribution in [1.82, 2.24) is 10.3 Å². The molecule has 0 radical (unpaired) electrons. The molecule has 1 aromatic heterocycles. The van der Waals surface area contributed by atoms with E-state index in [1.54, 1.807) is 23.5 Å². The number of hydrogen-bond acceptors (Lipinski definition) is 4. The summed E-state index contributed by atoms with van der Waals surface area (Å²) in [6.45, 7) is 1.98. The number of thiazole rings is 1. The first kappa shape index (κ1) is 19.9. The maximum absolute atomic E-state index is 12.4. The maximum Gasteiger partial charge on any atom is 0.257 e. The van der Waals surface area contributed by atoms with Crippen molar-refractivity contribution in [3.63, 3.8) is 0 Å². The minimum absolute atomic E-state index is 0.241. The molecule has 0 spiro atoms. The fraction of sp³-hybridized carbons (Fsp3) is 0.0455. The van der Waals surface area contributed by atoms with E-state index in [1.807, 2.05) is 49.4 Å². The number of carbonyl (C=O) groups is 1. The van der Waals surface area contributed by atoms with Gasteiger partial charge >= 0.3 is 0 Å². The molecule has 3 aromatic carbocycles. The third-order valence-electron chi connectivity index (χ3n) is 4.29. The van der Waals surface area contributed by atoms with Crippen molar-refractivity contribution >= 4 is 73.1 Å². The van der Waals surface area contributed by atoms with E-state index < -0.39 is 0 Å². The van der Waals surface area contributed by atoms with Gasteiger partial charge in [-0.15, -0.1) is 11.3 Å². The predicted molar refractivity (Wildman–Crippen MR) is 133 cm³/mol. The fourth-order valence-corrected chi connectivity index (χ4v) is 4.51. The first-order chi connectivity index (χ1) is 14.0. The number of halogens is 1. The second-order valence-corrected chi connectivity index (χ2v) is 9.14. The molecule has 0 aliphatic rings. The Hall–Kier alpha value is -2.36. The number of para-hydroxylation sites is 1. The molecule has 0 saturated carbocycles. The minimum atomic E-state index is -0.241. The predicted octanol–water partition coefficient (Wildman–Crippen LogP) is 6.00. The zero-order valence-electron chi connectivity index (χ0n) is 15.4. The first-order valence-corrected chi connectivity index (χ1v) is 11.1. The standard InChI is InChI=1S/C22H16IN3OS2/c1-13-6-8-14(9-7-13)20(27)26-22(28)25-17-11-10-15(23)12-16(17)21-24-18-4-2-3-5-19(18)29-21/h2-12H,1H3,(H2,25,26,27,28). The monoisotopic (exact) mass is 529 g/mol. The van der Waals surface area contributed by atoms with Crippen molar-refractivity contribution in [3.8, 4) is 10.6 Å². The molecule has 144 valence electrons. The molecule has 4 aromatic rings. The lowest BCUT2D eigenvalue weighted by Gasteiger charge is -2.13. The highest BCUT2D eigenvalue weighted by atomic mass is 127. The van der Waals surface area contributed by atoms with Crippen LogP contribution in [0.15, 0.2) is 66.7 Å². The van der Waals surface area contributed by atoms with Crippen molar-refractivity contribution in [1.29, 1.82) is 0 Å². The number of aryl methyl sites for hydroxylation is 1. The summed E-state index contributed by atoms with van der Waals surface area (Å²) in [6, 6.07) is 21.4. The summed E-state index contributed by atoms with van der Waals surface area (Å²) in [7, 11) is 0. The van der Waals surface area contributed by atoms with Gasteiger partial charge in [0.15, 0.2) is 5.11 Å². The largest absolute Gasteiger partial charge is 0.332 e. The van der Waals surface area contributed by atoms with Gasteiger partial charge < -0.3 is 5.32 Å². The minimum Gasteiger partial charge on any atom is -0.332 e. The SMILES string of the molecule is Cc1ccc(C(=O)NC(=S)Nc2ccc(I)cc2-c2nc3ccccc3s2)cc1. The van der Waals surface area contributed by atoms with Crippen LogP contribution in [0, 0.1) is 10.5 Å². The number of benzene rings is 3. The number of anilines is 1. The molecule has 29 heavy (non-hydrogen) atoms. The number of fused-ring (bicyclic) bond motifs is 1. The molecule has 0 bridgehead atoms. The van der Waals surface area contributed by atoms with Crippen molar-refractivity contribution in [2.45, 2.75) is 6.92 Å². The summed E-state index contributed by atoms with van der Waals surface area (Å²) in [5, 5.41) is 7.05. The molecule has 1 amide bonds. The zero-order chi connectivity index (χ0) is 20.4. The molecule has 1 heterocycles. The van der Waals surface area contributed by atoms with Crippen LogP contribution in [-0.2, 0) is 0 Å². The van der Waals surface area contributed by atoms with Crippen LogP contribution in [0.2, 0.25) is 0 Å². The Bertz CT molecular complexity index is 1190. The van der Waals surface area contributed by atoms with Crippen molar-refractivity contribution in [3.05, 3.63) is 81.4 Å². The van der Waals surface area contributed by atoms with Gasteiger partial charge in [0, 0.05) is 14.7 Å². The Morgan fingerprint density at radius 3 is 2.59 bits per heavy atom. The summed E-state index contributed by atoms with van der Waals surface area (Å²) in [5.74, 6) is -0.241. The van der Waals surface area contributed by atoms with Crippen molar-refractivity contribution in [2.75, 3.05) is 5.32 Å². The Balaban J connectivity index is 1.58. The van der Waals surface area contributed by atoms with Gasteiger partial charge in [0.25, 0.3) is 5.91 Å². The van der Waals surface area contributed by atoms with Crippen LogP contribution in [0.4, 0.5) is 5.69 Å². The molecule has 4 rings (SSSR count). The number of nitrogens with zero attached hydrogens (tertiary/aromatic N) is 1. The normalized spacial score (nSPS) is 10.7. The van der Waals surface area contributed by atoms with Crippen LogP contribution in [0.3, 0.4) is 0 Å². The average molecular weight is 529 g/mol. The molecular weight excluding hydrogens is 513 g/mol. The van der Waals surface area contributed by atoms with Gasteiger partial charge in [0.05, 0.1) is 15.9 Å². The highest BCUT2D eigenvalue weighted by Crippen LogP contribution is 2.35. The number of rotatable bonds is 3. The van der Waals surface area contributed by atoms with E-state index in [1.165, 1.54) is 0 Å². The number of nitrogens with one attached hydrogen (secondary N) is 2. The summed E-state index contributed by atoms with van der Waals surface area (Å²) in [5.41, 5.74) is 4.38. The molecule has 0 aliphatic carbocycles. The van der Waals surface area contributed by atoms with Crippen LogP contribution in [0.1, 0.15) is 15.9 Å². The number of amides is 1. The first-order valence-electron chi connectivity index (χ1n) is 8.84. The summed E-state index contributed by atoms with van der Waals surface area (Å²) in [6.07, 6.45) is 0. The van der Waals surface area contributed by atoms with Crippen LogP contribution < -0.4 is 10.6 Å². The van der Waals surface area contributed by atoms with Gasteiger partial charge in [0.2, 0.25) is 0 Å². The second-order valence-electron chi connectivity index (χ2n) is 6.45. The average Bonchev–Trinajstić information content (AvgIpc) is 3.14. The maximum atomic E-state index is 12.4. The lowest BCUT2D eigenvalue weighted by molar-refractivity contribution is 0.0977. The van der Waals surface area contributed by atoms with Gasteiger partial charge in [-0.2, -0.15) is 0 Å². The molecule has 0 aliphatic heterocycles. The van der Waals surface area contributed by atoms with Crippen LogP contribution in [0.25, 0.3) is 20.8 Å². The molecule has 4 nitrogen and oxygen atoms in total. The Kier molecular flexibility index (Phi) is 5.89. The van der Waals surface area contributed by atoms with E-state index in [0.29, 0.717) is 5.56 Å². The van der Waals surface area contributed by atoms with E-state index >= 15 is 0 Å². The van der Waals surface area contributed by atoms with E-state index in [2.05, 4.69) is 45.4 Å². The molecular formula is C22H16IN3OS2. The Labute approximate surface area is 191 Å². The third kappa shape index (κ3) is 4.63. The fourth-order valence-electron chi connectivity index (χ4n) is 2.82. The van der Waals surface area contributed by atoms with Crippen molar-refractivity contribution < 1.29 is 4.79 Å². The highest BCUT2D eigenvalue weighted by molar-refractivity contribution is 14.1. The van der Waals surface area contributed by atoms with E-state index in [9.17, 15) is 4.79 Å². The lowest BCUT2D eigenvalue weighted by atomic mass is 10.1. The third-order valence-corrected chi connectivity index (χ3v) is 6.24. The van der Waals surface area contributed by atoms with Gasteiger partial charge in [-0.25, -0.2) is 4.98 Å². The Morgan fingerprint density at radius 2 is 1.83 bits per heavy atom. The quantitative estimate of drug-likeness (QED) is 0.253. The Morgan fingerprint density at radius 1 is 1.07 bits per heavy atom. The molecule has 7 heteroatoms. The van der Waals surface area contributed by atoms with Crippen LogP contribution in [-0.4, -0.2) is 16.0 Å². The summed E-state index contributed by atoms with van der Waals surface area (Å²) >= 11 is 9.29. The lowest BCUT2D eigenvalue weighted by Crippen LogP contribution is -2.34. The van der Waals surface area contributed by atoms with E-state index in [-0.39, 0.29) is 11.0 Å². The van der Waals surface area contributed by atoms with Gasteiger partial charge in [-0.05, 0) is 84.2 Å². The number of carbonyl (C=O) groups excluding carboxylic acids is 1. The number of aromatic nitrogens is 1. The number of hydrogen-bond donors (Lipinski definition) is 2. The number of thiocarbonyl (C=S) groups is 1. The topological polar surface area (TPSA) is 54.0 Å². The van der Waals surface area contributed by atoms with Gasteiger partial charge in [-0.3, -0.25) is 10.1 Å². The van der Waals surface area contributed by atoms with Crippen LogP contribution in [0.5, 0.6) is 0 Å². The molecule has 0 unspecified atom stereocenters. The summed E-state index contributed by atoms with van der Waals surface area (Å²) in [4.78, 5) is 17.2. The van der Waals surface area contributed by atoms with Gasteiger partial charge in [0.1, 0.15) is 5.01 Å². The second kappa shape index (κ2) is 8.56. The van der Waals surface area contributed by atoms with E-state index in [4.69, 9.17) is 17.2 Å². The molecule has 2 N–H and O–H groups in total.